The number of furan rings is 1. The highest BCUT2D eigenvalue weighted by Gasteiger charge is 2.25. The molecule has 5 nitrogen and oxygen atoms in total. The van der Waals surface area contributed by atoms with Crippen molar-refractivity contribution in [3.8, 4) is 0 Å². The fourth-order valence-corrected chi connectivity index (χ4v) is 4.15. The zero-order chi connectivity index (χ0) is 18.8. The predicted molar refractivity (Wildman–Crippen MR) is 112 cm³/mol. The first-order chi connectivity index (χ1) is 13.1. The number of anilines is 1. The molecule has 0 bridgehead atoms. The van der Waals surface area contributed by atoms with Gasteiger partial charge in [-0.25, -0.2) is 4.99 Å². The van der Waals surface area contributed by atoms with Crippen molar-refractivity contribution in [3.05, 3.63) is 51.0 Å². The van der Waals surface area contributed by atoms with Crippen LogP contribution in [0.2, 0.25) is 10.0 Å². The van der Waals surface area contributed by atoms with Gasteiger partial charge in [-0.15, -0.1) is 0 Å². The molecule has 4 rings (SSSR count). The number of nitrogens with one attached hydrogen (secondary N) is 1. The van der Waals surface area contributed by atoms with Crippen LogP contribution in [0.25, 0.3) is 6.08 Å². The molecule has 140 valence electrons. The van der Waals surface area contributed by atoms with E-state index in [0.717, 1.165) is 19.0 Å². The van der Waals surface area contributed by atoms with E-state index in [1.807, 2.05) is 12.1 Å². The summed E-state index contributed by atoms with van der Waals surface area (Å²) in [7, 11) is 0. The van der Waals surface area contributed by atoms with E-state index in [2.05, 4.69) is 15.2 Å². The van der Waals surface area contributed by atoms with Gasteiger partial charge in [0.1, 0.15) is 5.76 Å². The third-order valence-corrected chi connectivity index (χ3v) is 6.08. The van der Waals surface area contributed by atoms with E-state index in [0.29, 0.717) is 31.6 Å². The number of hydrogen-bond donors (Lipinski definition) is 1. The molecule has 0 atom stereocenters. The van der Waals surface area contributed by atoms with E-state index in [4.69, 9.17) is 27.6 Å². The summed E-state index contributed by atoms with van der Waals surface area (Å²) < 4.78 is 5.90. The van der Waals surface area contributed by atoms with Gasteiger partial charge >= 0.3 is 0 Å². The standard InChI is InChI=1S/C19H17Cl2N3O2S/c20-13-5-4-6-14(17(13)21)22-19-23-18(25)15(27-19)11-12-7-8-16(26-12)24-9-2-1-3-10-24/h4-8,11H,1-3,9-10H2,(H,22,23,25)/b15-11-. The second-order valence-corrected chi connectivity index (χ2v) is 8.09. The van der Waals surface area contributed by atoms with Gasteiger partial charge in [0, 0.05) is 25.2 Å². The molecule has 2 saturated heterocycles. The number of halogens is 2. The van der Waals surface area contributed by atoms with Gasteiger partial charge in [0.25, 0.3) is 5.91 Å². The molecule has 1 aromatic heterocycles. The maximum Gasteiger partial charge on any atom is 0.264 e. The van der Waals surface area contributed by atoms with E-state index >= 15 is 0 Å². The molecule has 0 radical (unpaired) electrons. The van der Waals surface area contributed by atoms with Crippen LogP contribution >= 0.6 is 35.0 Å². The van der Waals surface area contributed by atoms with Crippen molar-refractivity contribution in [2.24, 2.45) is 4.99 Å². The highest BCUT2D eigenvalue weighted by Crippen LogP contribution is 2.35. The van der Waals surface area contributed by atoms with Crippen LogP contribution in [-0.4, -0.2) is 24.2 Å². The van der Waals surface area contributed by atoms with Crippen molar-refractivity contribution in [2.45, 2.75) is 19.3 Å². The Balaban J connectivity index is 1.51. The average Bonchev–Trinajstić information content (AvgIpc) is 3.27. The summed E-state index contributed by atoms with van der Waals surface area (Å²) in [6, 6.07) is 9.03. The maximum atomic E-state index is 12.2. The molecule has 2 aliphatic heterocycles. The lowest BCUT2D eigenvalue weighted by Crippen LogP contribution is -2.28. The van der Waals surface area contributed by atoms with Gasteiger partial charge in [-0.1, -0.05) is 29.3 Å². The Kier molecular flexibility index (Phi) is 5.48. The Morgan fingerprint density at radius 2 is 1.96 bits per heavy atom. The number of rotatable bonds is 3. The minimum absolute atomic E-state index is 0.215. The average molecular weight is 422 g/mol. The first-order valence-corrected chi connectivity index (χ1v) is 10.3. The van der Waals surface area contributed by atoms with E-state index in [9.17, 15) is 4.79 Å². The molecule has 2 fully saturated rings. The van der Waals surface area contributed by atoms with Gasteiger partial charge < -0.3 is 14.6 Å². The second-order valence-electron chi connectivity index (χ2n) is 6.28. The van der Waals surface area contributed by atoms with Gasteiger partial charge in [0.05, 0.1) is 20.6 Å². The molecule has 1 aromatic carbocycles. The summed E-state index contributed by atoms with van der Waals surface area (Å²) in [6.07, 6.45) is 5.36. The summed E-state index contributed by atoms with van der Waals surface area (Å²) in [5.41, 5.74) is 0.513. The molecule has 0 aliphatic carbocycles. The van der Waals surface area contributed by atoms with Crippen molar-refractivity contribution < 1.29 is 9.21 Å². The Labute approximate surface area is 171 Å². The molecule has 27 heavy (non-hydrogen) atoms. The number of hydrogen-bond acceptors (Lipinski definition) is 5. The minimum atomic E-state index is -0.215. The molecule has 0 unspecified atom stereocenters. The lowest BCUT2D eigenvalue weighted by Gasteiger charge is -2.25. The number of benzene rings is 1. The molecule has 1 amide bonds. The van der Waals surface area contributed by atoms with E-state index in [-0.39, 0.29) is 5.91 Å². The second kappa shape index (κ2) is 8.00. The van der Waals surface area contributed by atoms with Gasteiger partial charge in [-0.3, -0.25) is 4.79 Å². The lowest BCUT2D eigenvalue weighted by atomic mass is 10.1. The highest BCUT2D eigenvalue weighted by molar-refractivity contribution is 8.18. The third kappa shape index (κ3) is 4.18. The van der Waals surface area contributed by atoms with E-state index in [1.54, 1.807) is 24.3 Å². The third-order valence-electron chi connectivity index (χ3n) is 4.36. The summed E-state index contributed by atoms with van der Waals surface area (Å²) in [5.74, 6) is 1.28. The molecule has 8 heteroatoms. The number of carbonyl (C=O) groups excluding carboxylic acids is 1. The first kappa shape index (κ1) is 18.5. The Bertz CT molecular complexity index is 933. The van der Waals surface area contributed by atoms with Crippen LogP contribution < -0.4 is 10.2 Å². The number of nitrogens with zero attached hydrogens (tertiary/aromatic N) is 2. The fourth-order valence-electron chi connectivity index (χ4n) is 3.00. The number of aliphatic imine (C=N–C) groups is 1. The van der Waals surface area contributed by atoms with Crippen LogP contribution in [0.1, 0.15) is 25.0 Å². The molecular weight excluding hydrogens is 405 g/mol. The molecule has 2 aromatic rings. The molecular formula is C19H17Cl2N3O2S. The monoisotopic (exact) mass is 421 g/mol. The summed E-state index contributed by atoms with van der Waals surface area (Å²) in [4.78, 5) is 19.4. The summed E-state index contributed by atoms with van der Waals surface area (Å²) in [6.45, 7) is 2.02. The van der Waals surface area contributed by atoms with Gasteiger partial charge in [0.2, 0.25) is 0 Å². The van der Waals surface area contributed by atoms with Gasteiger partial charge in [-0.2, -0.15) is 0 Å². The molecule has 2 aliphatic rings. The quantitative estimate of drug-likeness (QED) is 0.667. The molecule has 3 heterocycles. The highest BCUT2D eigenvalue weighted by atomic mass is 35.5. The Morgan fingerprint density at radius 3 is 2.78 bits per heavy atom. The number of amides is 1. The SMILES string of the molecule is O=C1NC(=Nc2cccc(Cl)c2Cl)S/C1=C\c1ccc(N2CCCCC2)o1. The van der Waals surface area contributed by atoms with Crippen LogP contribution in [0.3, 0.4) is 0 Å². The first-order valence-electron chi connectivity index (χ1n) is 8.68. The number of thioether (sulfide) groups is 1. The van der Waals surface area contributed by atoms with Gasteiger partial charge in [0.15, 0.2) is 11.1 Å². The zero-order valence-corrected chi connectivity index (χ0v) is 16.7. The minimum Gasteiger partial charge on any atom is -0.441 e. The Morgan fingerprint density at radius 1 is 1.15 bits per heavy atom. The van der Waals surface area contributed by atoms with Crippen LogP contribution in [0.4, 0.5) is 11.6 Å². The smallest absolute Gasteiger partial charge is 0.264 e. The fraction of sp³-hybridized carbons (Fsp3) is 0.263. The maximum absolute atomic E-state index is 12.2. The van der Waals surface area contributed by atoms with Crippen LogP contribution in [0.5, 0.6) is 0 Å². The number of carbonyl (C=O) groups is 1. The topological polar surface area (TPSA) is 57.8 Å². The normalized spacial score (nSPS) is 20.5. The van der Waals surface area contributed by atoms with Crippen molar-refractivity contribution in [3.63, 3.8) is 0 Å². The predicted octanol–water partition coefficient (Wildman–Crippen LogP) is 5.47. The molecule has 0 spiro atoms. The zero-order valence-electron chi connectivity index (χ0n) is 14.4. The summed E-state index contributed by atoms with van der Waals surface area (Å²) in [5, 5.41) is 3.98. The summed E-state index contributed by atoms with van der Waals surface area (Å²) >= 11 is 13.4. The van der Waals surface area contributed by atoms with Crippen LogP contribution in [0, 0.1) is 0 Å². The van der Waals surface area contributed by atoms with Crippen molar-refractivity contribution in [2.75, 3.05) is 18.0 Å². The number of amidine groups is 1. The van der Waals surface area contributed by atoms with Crippen molar-refractivity contribution >= 4 is 63.7 Å². The van der Waals surface area contributed by atoms with Crippen molar-refractivity contribution in [1.82, 2.24) is 5.32 Å². The van der Waals surface area contributed by atoms with Gasteiger partial charge in [-0.05, 0) is 49.2 Å². The number of piperidine rings is 1. The van der Waals surface area contributed by atoms with Crippen molar-refractivity contribution in [1.29, 1.82) is 0 Å². The Hall–Kier alpha value is -1.89. The van der Waals surface area contributed by atoms with Crippen LogP contribution in [-0.2, 0) is 4.79 Å². The van der Waals surface area contributed by atoms with E-state index < -0.39 is 0 Å². The van der Waals surface area contributed by atoms with E-state index in [1.165, 1.54) is 31.0 Å². The van der Waals surface area contributed by atoms with Crippen LogP contribution in [0.15, 0.2) is 44.6 Å². The molecule has 1 N–H and O–H groups in total. The molecule has 0 saturated carbocycles. The largest absolute Gasteiger partial charge is 0.441 e. The lowest BCUT2D eigenvalue weighted by molar-refractivity contribution is -0.115.